The van der Waals surface area contributed by atoms with Crippen molar-refractivity contribution in [1.29, 1.82) is 0 Å². The Kier molecular flexibility index (Phi) is 4.24. The lowest BCUT2D eigenvalue weighted by Gasteiger charge is -2.15. The second-order valence-electron chi connectivity index (χ2n) is 4.31. The lowest BCUT2D eigenvalue weighted by molar-refractivity contribution is 0.0696. The Morgan fingerprint density at radius 2 is 2.21 bits per heavy atom. The summed E-state index contributed by atoms with van der Waals surface area (Å²) in [5.41, 5.74) is 3.31. The van der Waals surface area contributed by atoms with E-state index in [0.717, 1.165) is 11.8 Å². The highest BCUT2D eigenvalue weighted by molar-refractivity contribution is 7.07. The molecule has 0 saturated heterocycles. The third-order valence-electron chi connectivity index (χ3n) is 2.57. The van der Waals surface area contributed by atoms with Crippen molar-refractivity contribution >= 4 is 17.3 Å². The Morgan fingerprint density at radius 3 is 2.84 bits per heavy atom. The monoisotopic (exact) mass is 280 g/mol. The van der Waals surface area contributed by atoms with Gasteiger partial charge in [-0.1, -0.05) is 0 Å². The minimum Gasteiger partial charge on any atom is -0.478 e. The lowest BCUT2D eigenvalue weighted by Crippen LogP contribution is -2.17. The van der Waals surface area contributed by atoms with E-state index in [2.05, 4.69) is 4.98 Å². The van der Waals surface area contributed by atoms with Crippen molar-refractivity contribution in [2.24, 2.45) is 0 Å². The van der Waals surface area contributed by atoms with Gasteiger partial charge in [-0.2, -0.15) is 0 Å². The van der Waals surface area contributed by atoms with Crippen molar-refractivity contribution < 1.29 is 14.3 Å². The minimum atomic E-state index is -1.12. The standard InChI is InChI=1S/C13H13FN2O2S/c1-16(6-12-7-19-8-15-12)5-9-2-10(13(17)18)4-11(14)3-9/h2-4,7-8H,5-6H2,1H3,(H,17,18). The second kappa shape index (κ2) is 5.90. The molecule has 1 aromatic carbocycles. The zero-order chi connectivity index (χ0) is 13.8. The molecular weight excluding hydrogens is 267 g/mol. The fourth-order valence-electron chi connectivity index (χ4n) is 1.82. The predicted octanol–water partition coefficient (Wildman–Crippen LogP) is 2.61. The summed E-state index contributed by atoms with van der Waals surface area (Å²) in [5.74, 6) is -1.65. The molecule has 0 amide bonds. The van der Waals surface area contributed by atoms with Crippen LogP contribution in [0.2, 0.25) is 0 Å². The van der Waals surface area contributed by atoms with Gasteiger partial charge in [-0.15, -0.1) is 11.3 Å². The molecule has 0 aliphatic heterocycles. The number of halogens is 1. The van der Waals surface area contributed by atoms with Crippen LogP contribution >= 0.6 is 11.3 Å². The van der Waals surface area contributed by atoms with Crippen LogP contribution < -0.4 is 0 Å². The Hall–Kier alpha value is -1.79. The number of hydrogen-bond donors (Lipinski definition) is 1. The zero-order valence-electron chi connectivity index (χ0n) is 10.3. The molecule has 1 N–H and O–H groups in total. The molecule has 2 aromatic rings. The molecule has 0 bridgehead atoms. The Labute approximate surface area is 114 Å². The quantitative estimate of drug-likeness (QED) is 0.914. The molecule has 0 atom stereocenters. The summed E-state index contributed by atoms with van der Waals surface area (Å²) in [7, 11) is 1.88. The van der Waals surface area contributed by atoms with E-state index < -0.39 is 11.8 Å². The maximum Gasteiger partial charge on any atom is 0.335 e. The van der Waals surface area contributed by atoms with Gasteiger partial charge < -0.3 is 5.11 Å². The summed E-state index contributed by atoms with van der Waals surface area (Å²) in [4.78, 5) is 17.0. The first-order valence-corrected chi connectivity index (χ1v) is 6.57. The van der Waals surface area contributed by atoms with E-state index in [1.807, 2.05) is 17.3 Å². The van der Waals surface area contributed by atoms with Gasteiger partial charge in [0, 0.05) is 18.5 Å². The van der Waals surface area contributed by atoms with Crippen LogP contribution in [0.15, 0.2) is 29.1 Å². The molecule has 0 aliphatic carbocycles. The van der Waals surface area contributed by atoms with Crippen molar-refractivity contribution in [2.75, 3.05) is 7.05 Å². The van der Waals surface area contributed by atoms with E-state index in [4.69, 9.17) is 5.11 Å². The number of benzene rings is 1. The average Bonchev–Trinajstić information content (AvgIpc) is 2.80. The molecule has 0 unspecified atom stereocenters. The number of hydrogen-bond acceptors (Lipinski definition) is 4. The molecule has 0 saturated carbocycles. The molecule has 0 fully saturated rings. The molecule has 0 aliphatic rings. The molecule has 1 aromatic heterocycles. The summed E-state index contributed by atoms with van der Waals surface area (Å²) in [6.45, 7) is 1.11. The Morgan fingerprint density at radius 1 is 1.42 bits per heavy atom. The van der Waals surface area contributed by atoms with Gasteiger partial charge in [0.15, 0.2) is 0 Å². The summed E-state index contributed by atoms with van der Waals surface area (Å²) in [6, 6.07) is 3.86. The van der Waals surface area contributed by atoms with Crippen LogP contribution in [0.1, 0.15) is 21.6 Å². The number of nitrogens with zero attached hydrogens (tertiary/aromatic N) is 2. The van der Waals surface area contributed by atoms with Gasteiger partial charge in [-0.3, -0.25) is 4.90 Å². The SMILES string of the molecule is CN(Cc1cc(F)cc(C(=O)O)c1)Cc1cscn1. The van der Waals surface area contributed by atoms with Crippen molar-refractivity contribution in [3.63, 3.8) is 0 Å². The lowest BCUT2D eigenvalue weighted by atomic mass is 10.1. The fourth-order valence-corrected chi connectivity index (χ4v) is 2.37. The molecule has 100 valence electrons. The molecule has 6 heteroatoms. The summed E-state index contributed by atoms with van der Waals surface area (Å²) >= 11 is 1.52. The third-order valence-corrected chi connectivity index (χ3v) is 3.21. The predicted molar refractivity (Wildman–Crippen MR) is 70.6 cm³/mol. The van der Waals surface area contributed by atoms with Crippen molar-refractivity contribution in [2.45, 2.75) is 13.1 Å². The molecule has 0 spiro atoms. The van der Waals surface area contributed by atoms with Gasteiger partial charge in [-0.05, 0) is 30.8 Å². The van der Waals surface area contributed by atoms with Gasteiger partial charge in [0.05, 0.1) is 16.8 Å². The van der Waals surface area contributed by atoms with E-state index in [9.17, 15) is 9.18 Å². The number of carbonyl (C=O) groups is 1. The van der Waals surface area contributed by atoms with Gasteiger partial charge >= 0.3 is 5.97 Å². The van der Waals surface area contributed by atoms with Crippen LogP contribution in [0.4, 0.5) is 4.39 Å². The Bertz CT molecular complexity index is 572. The largest absolute Gasteiger partial charge is 0.478 e. The van der Waals surface area contributed by atoms with E-state index >= 15 is 0 Å². The van der Waals surface area contributed by atoms with Crippen molar-refractivity contribution in [3.05, 3.63) is 51.7 Å². The first-order chi connectivity index (χ1) is 9.04. The first kappa shape index (κ1) is 13.6. The maximum atomic E-state index is 13.3. The fraction of sp³-hybridized carbons (Fsp3) is 0.231. The van der Waals surface area contributed by atoms with Crippen LogP contribution in [0.5, 0.6) is 0 Å². The number of rotatable bonds is 5. The number of carboxylic acids is 1. The van der Waals surface area contributed by atoms with Crippen molar-refractivity contribution in [3.8, 4) is 0 Å². The number of aromatic carboxylic acids is 1. The van der Waals surface area contributed by atoms with Gasteiger partial charge in [-0.25, -0.2) is 14.2 Å². The maximum absolute atomic E-state index is 13.3. The van der Waals surface area contributed by atoms with Crippen LogP contribution in [0.25, 0.3) is 0 Å². The topological polar surface area (TPSA) is 53.4 Å². The van der Waals surface area contributed by atoms with Crippen LogP contribution in [0.3, 0.4) is 0 Å². The highest BCUT2D eigenvalue weighted by atomic mass is 32.1. The number of thiazole rings is 1. The highest BCUT2D eigenvalue weighted by Crippen LogP contribution is 2.13. The normalized spacial score (nSPS) is 10.9. The summed E-state index contributed by atoms with van der Waals surface area (Å²) in [5, 5.41) is 10.8. The van der Waals surface area contributed by atoms with E-state index in [1.54, 1.807) is 5.51 Å². The third kappa shape index (κ3) is 3.84. The van der Waals surface area contributed by atoms with Gasteiger partial charge in [0.25, 0.3) is 0 Å². The smallest absolute Gasteiger partial charge is 0.335 e. The molecular formula is C13H13FN2O2S. The van der Waals surface area contributed by atoms with Crippen LogP contribution in [-0.2, 0) is 13.1 Å². The van der Waals surface area contributed by atoms with Crippen molar-refractivity contribution in [1.82, 2.24) is 9.88 Å². The van der Waals surface area contributed by atoms with Gasteiger partial charge in [0.1, 0.15) is 5.82 Å². The average molecular weight is 280 g/mol. The first-order valence-electron chi connectivity index (χ1n) is 5.63. The van der Waals surface area contributed by atoms with Gasteiger partial charge in [0.2, 0.25) is 0 Å². The van der Waals surface area contributed by atoms with E-state index in [-0.39, 0.29) is 5.56 Å². The molecule has 19 heavy (non-hydrogen) atoms. The van der Waals surface area contributed by atoms with E-state index in [1.165, 1.54) is 23.5 Å². The summed E-state index contributed by atoms with van der Waals surface area (Å²) < 4.78 is 13.3. The molecule has 2 rings (SSSR count). The second-order valence-corrected chi connectivity index (χ2v) is 5.02. The summed E-state index contributed by atoms with van der Waals surface area (Å²) in [6.07, 6.45) is 0. The number of carboxylic acid groups (broad SMARTS) is 1. The molecule has 0 radical (unpaired) electrons. The Balaban J connectivity index is 2.08. The molecule has 1 heterocycles. The number of aromatic nitrogens is 1. The minimum absolute atomic E-state index is 0.0305. The molecule has 4 nitrogen and oxygen atoms in total. The van der Waals surface area contributed by atoms with Crippen LogP contribution in [-0.4, -0.2) is 28.0 Å². The van der Waals surface area contributed by atoms with Crippen LogP contribution in [0, 0.1) is 5.82 Å². The van der Waals surface area contributed by atoms with E-state index in [0.29, 0.717) is 18.7 Å². The highest BCUT2D eigenvalue weighted by Gasteiger charge is 2.09. The zero-order valence-corrected chi connectivity index (χ0v) is 11.2.